The molecule has 2 rings (SSSR count). The smallest absolute Gasteiger partial charge is 0.408 e. The molecule has 202 valence electrons. The Balaban J connectivity index is 2.45. The molecule has 8 heteroatoms. The van der Waals surface area contributed by atoms with Crippen molar-refractivity contribution in [2.24, 2.45) is 5.92 Å². The number of rotatable bonds is 11. The van der Waals surface area contributed by atoms with E-state index in [4.69, 9.17) is 4.74 Å². The number of amides is 3. The predicted molar refractivity (Wildman–Crippen MR) is 141 cm³/mol. The van der Waals surface area contributed by atoms with Gasteiger partial charge in [-0.3, -0.25) is 9.59 Å². The van der Waals surface area contributed by atoms with Gasteiger partial charge in [0.15, 0.2) is 0 Å². The minimum Gasteiger partial charge on any atom is -0.508 e. The molecule has 3 N–H and O–H groups in total. The molecule has 0 bridgehead atoms. The second-order valence-electron chi connectivity index (χ2n) is 11.1. The summed E-state index contributed by atoms with van der Waals surface area (Å²) in [6.45, 7) is 13.4. The molecule has 1 aromatic carbocycles. The summed E-state index contributed by atoms with van der Waals surface area (Å²) >= 11 is 0. The summed E-state index contributed by atoms with van der Waals surface area (Å²) in [5.74, 6) is -0.646. The third-order valence-corrected chi connectivity index (χ3v) is 6.47. The van der Waals surface area contributed by atoms with Gasteiger partial charge >= 0.3 is 6.09 Å². The van der Waals surface area contributed by atoms with Gasteiger partial charge in [0.25, 0.3) is 0 Å². The molecule has 2 unspecified atom stereocenters. The number of hydrogen-bond acceptors (Lipinski definition) is 5. The van der Waals surface area contributed by atoms with E-state index in [1.54, 1.807) is 50.8 Å². The molecule has 0 aromatic heterocycles. The van der Waals surface area contributed by atoms with Crippen molar-refractivity contribution in [1.82, 2.24) is 15.5 Å². The van der Waals surface area contributed by atoms with Crippen LogP contribution in [0.3, 0.4) is 0 Å². The maximum atomic E-state index is 14.1. The predicted octanol–water partition coefficient (Wildman–Crippen LogP) is 4.98. The lowest BCUT2D eigenvalue weighted by Gasteiger charge is -2.44. The highest BCUT2D eigenvalue weighted by Gasteiger charge is 2.42. The number of phenolic OH excluding ortho intramolecular Hbond substituents is 1. The number of nitrogens with zero attached hydrogens (tertiary/aromatic N) is 1. The number of aromatic hydroxyl groups is 1. The zero-order valence-corrected chi connectivity index (χ0v) is 23.0. The number of carbonyl (C=O) groups excluding carboxylic acids is 3. The van der Waals surface area contributed by atoms with Gasteiger partial charge in [-0.1, -0.05) is 39.7 Å². The van der Waals surface area contributed by atoms with E-state index in [2.05, 4.69) is 17.6 Å². The summed E-state index contributed by atoms with van der Waals surface area (Å²) in [4.78, 5) is 42.0. The zero-order chi connectivity index (χ0) is 27.0. The number of phenols is 1. The Morgan fingerprint density at radius 1 is 1.17 bits per heavy atom. The van der Waals surface area contributed by atoms with E-state index in [9.17, 15) is 19.5 Å². The van der Waals surface area contributed by atoms with Crippen LogP contribution in [0.2, 0.25) is 0 Å². The molecule has 1 saturated carbocycles. The second-order valence-corrected chi connectivity index (χ2v) is 11.1. The molecule has 3 amide bonds. The number of hydrogen-bond donors (Lipinski definition) is 3. The number of alkyl carbamates (subject to hydrolysis) is 1. The van der Waals surface area contributed by atoms with Gasteiger partial charge in [-0.2, -0.15) is 0 Å². The van der Waals surface area contributed by atoms with Crippen LogP contribution in [0.5, 0.6) is 5.75 Å². The lowest BCUT2D eigenvalue weighted by atomic mass is 9.87. The molecule has 0 heterocycles. The molecule has 1 aromatic rings. The Labute approximate surface area is 216 Å². The molecule has 36 heavy (non-hydrogen) atoms. The van der Waals surface area contributed by atoms with Gasteiger partial charge < -0.3 is 25.4 Å². The van der Waals surface area contributed by atoms with Crippen LogP contribution in [0.15, 0.2) is 18.2 Å². The maximum absolute atomic E-state index is 14.1. The third-order valence-electron chi connectivity index (χ3n) is 6.47. The molecule has 0 saturated heterocycles. The molecule has 0 radical (unpaired) electrons. The molecule has 1 aliphatic rings. The SMILES string of the molecule is CCCCCNC(=O)C(c1ccc(O)c(C)c1)N(C(=O)C(NC(=O)OC(C)(C)C)C(C)C)C1CCC1. The number of aryl methyl sites for hydroxylation is 1. The van der Waals surface area contributed by atoms with Crippen LogP contribution in [-0.2, 0) is 14.3 Å². The lowest BCUT2D eigenvalue weighted by Crippen LogP contribution is -2.58. The number of carbonyl (C=O) groups is 3. The van der Waals surface area contributed by atoms with E-state index in [1.165, 1.54) is 0 Å². The van der Waals surface area contributed by atoms with Crippen molar-refractivity contribution < 1.29 is 24.2 Å². The van der Waals surface area contributed by atoms with E-state index < -0.39 is 23.8 Å². The van der Waals surface area contributed by atoms with Gasteiger partial charge in [-0.05, 0) is 82.6 Å². The highest BCUT2D eigenvalue weighted by molar-refractivity contribution is 5.92. The number of benzene rings is 1. The largest absolute Gasteiger partial charge is 0.508 e. The average molecular weight is 504 g/mol. The van der Waals surface area contributed by atoms with Crippen molar-refractivity contribution in [3.05, 3.63) is 29.3 Å². The van der Waals surface area contributed by atoms with Gasteiger partial charge in [-0.25, -0.2) is 4.79 Å². The summed E-state index contributed by atoms with van der Waals surface area (Å²) in [6.07, 6.45) is 4.79. The van der Waals surface area contributed by atoms with Crippen molar-refractivity contribution in [2.45, 2.75) is 111 Å². The summed E-state index contributed by atoms with van der Waals surface area (Å²) in [6, 6.07) is 3.18. The summed E-state index contributed by atoms with van der Waals surface area (Å²) in [7, 11) is 0. The molecular formula is C28H45N3O5. The van der Waals surface area contributed by atoms with Gasteiger partial charge in [0.1, 0.15) is 23.4 Å². The summed E-state index contributed by atoms with van der Waals surface area (Å²) < 4.78 is 5.42. The highest BCUT2D eigenvalue weighted by atomic mass is 16.6. The van der Waals surface area contributed by atoms with Crippen molar-refractivity contribution in [2.75, 3.05) is 6.54 Å². The number of nitrogens with one attached hydrogen (secondary N) is 2. The second kappa shape index (κ2) is 13.0. The molecule has 8 nitrogen and oxygen atoms in total. The van der Waals surface area contributed by atoms with Crippen LogP contribution in [-0.4, -0.2) is 52.1 Å². The first kappa shape index (κ1) is 29.5. The molecule has 0 spiro atoms. The monoisotopic (exact) mass is 503 g/mol. The van der Waals surface area contributed by atoms with Crippen LogP contribution in [0, 0.1) is 12.8 Å². The average Bonchev–Trinajstić information content (AvgIpc) is 2.74. The van der Waals surface area contributed by atoms with E-state index in [1.807, 2.05) is 13.8 Å². The normalized spacial score (nSPS) is 15.6. The fourth-order valence-electron chi connectivity index (χ4n) is 4.26. The van der Waals surface area contributed by atoms with E-state index in [-0.39, 0.29) is 29.5 Å². The van der Waals surface area contributed by atoms with E-state index in [0.29, 0.717) is 17.7 Å². The highest BCUT2D eigenvalue weighted by Crippen LogP contribution is 2.35. The van der Waals surface area contributed by atoms with Gasteiger partial charge in [-0.15, -0.1) is 0 Å². The van der Waals surface area contributed by atoms with Gasteiger partial charge in [0.05, 0.1) is 0 Å². The minimum absolute atomic E-state index is 0.111. The van der Waals surface area contributed by atoms with Crippen molar-refractivity contribution in [3.63, 3.8) is 0 Å². The fraction of sp³-hybridized carbons (Fsp3) is 0.679. The molecular weight excluding hydrogens is 458 g/mol. The first-order valence-electron chi connectivity index (χ1n) is 13.2. The van der Waals surface area contributed by atoms with Crippen LogP contribution >= 0.6 is 0 Å². The van der Waals surface area contributed by atoms with Crippen molar-refractivity contribution in [1.29, 1.82) is 0 Å². The molecule has 1 aliphatic carbocycles. The first-order valence-corrected chi connectivity index (χ1v) is 13.2. The third kappa shape index (κ3) is 8.14. The summed E-state index contributed by atoms with van der Waals surface area (Å²) in [5, 5.41) is 15.9. The van der Waals surface area contributed by atoms with Crippen LogP contribution < -0.4 is 10.6 Å². The van der Waals surface area contributed by atoms with E-state index in [0.717, 1.165) is 38.5 Å². The minimum atomic E-state index is -0.870. The topological polar surface area (TPSA) is 108 Å². The van der Waals surface area contributed by atoms with Crippen molar-refractivity contribution >= 4 is 17.9 Å². The first-order chi connectivity index (χ1) is 16.9. The standard InChI is InChI=1S/C28H45N3O5/c1-8-9-10-16-29-25(33)24(20-14-15-22(32)19(4)17-20)31(21-12-11-13-21)26(34)23(18(2)3)30-27(35)36-28(5,6)7/h14-15,17-18,21,23-24,32H,8-13,16H2,1-7H3,(H,29,33)(H,30,35). The fourth-order valence-corrected chi connectivity index (χ4v) is 4.26. The Hall–Kier alpha value is -2.77. The molecule has 1 fully saturated rings. The zero-order valence-electron chi connectivity index (χ0n) is 23.0. The van der Waals surface area contributed by atoms with Gasteiger partial charge in [0.2, 0.25) is 11.8 Å². The van der Waals surface area contributed by atoms with Crippen LogP contribution in [0.25, 0.3) is 0 Å². The Bertz CT molecular complexity index is 905. The maximum Gasteiger partial charge on any atom is 0.408 e. The molecule has 0 aliphatic heterocycles. The van der Waals surface area contributed by atoms with Gasteiger partial charge in [0, 0.05) is 12.6 Å². The van der Waals surface area contributed by atoms with Crippen molar-refractivity contribution in [3.8, 4) is 5.75 Å². The number of unbranched alkanes of at least 4 members (excludes halogenated alkanes) is 2. The van der Waals surface area contributed by atoms with E-state index >= 15 is 0 Å². The number of ether oxygens (including phenoxy) is 1. The Morgan fingerprint density at radius 3 is 2.33 bits per heavy atom. The Morgan fingerprint density at radius 2 is 1.83 bits per heavy atom. The summed E-state index contributed by atoms with van der Waals surface area (Å²) in [5.41, 5.74) is 0.565. The quantitative estimate of drug-likeness (QED) is 0.369. The molecule has 2 atom stereocenters. The lowest BCUT2D eigenvalue weighted by molar-refractivity contribution is -0.148. The van der Waals surface area contributed by atoms with Crippen LogP contribution in [0.1, 0.15) is 97.2 Å². The Kier molecular flexibility index (Phi) is 10.6. The van der Waals surface area contributed by atoms with Crippen LogP contribution in [0.4, 0.5) is 4.79 Å².